The van der Waals surface area contributed by atoms with Crippen LogP contribution in [0.15, 0.2) is 24.3 Å². The van der Waals surface area contributed by atoms with Gasteiger partial charge in [-0.2, -0.15) is 0 Å². The lowest BCUT2D eigenvalue weighted by Crippen LogP contribution is -2.41. The van der Waals surface area contributed by atoms with Gasteiger partial charge in [0.2, 0.25) is 0 Å². The number of rotatable bonds is 0. The fraction of sp³-hybridized carbons (Fsp3) is 0.571. The van der Waals surface area contributed by atoms with Crippen LogP contribution in [0, 0.1) is 11.8 Å². The Bertz CT molecular complexity index is 358. The number of anilines is 1. The highest BCUT2D eigenvalue weighted by molar-refractivity contribution is 5.54. The standard InChI is InChI=1S/C14H19N/c1-10-5-4-8-14-12(10)9-11-6-2-3-7-13(11)15-14/h2-3,6-7,10,12,14-15H,4-5,8-9H2,1H3. The molecule has 1 heterocycles. The van der Waals surface area contributed by atoms with Crippen LogP contribution in [0.2, 0.25) is 0 Å². The van der Waals surface area contributed by atoms with Gasteiger partial charge in [0.15, 0.2) is 0 Å². The Morgan fingerprint density at radius 1 is 1.20 bits per heavy atom. The van der Waals surface area contributed by atoms with Crippen LogP contribution in [0.1, 0.15) is 31.7 Å². The second-order valence-electron chi connectivity index (χ2n) is 5.18. The van der Waals surface area contributed by atoms with Crippen molar-refractivity contribution < 1.29 is 0 Å². The lowest BCUT2D eigenvalue weighted by molar-refractivity contribution is 0.226. The fourth-order valence-corrected chi connectivity index (χ4v) is 3.30. The van der Waals surface area contributed by atoms with Gasteiger partial charge in [-0.3, -0.25) is 0 Å². The van der Waals surface area contributed by atoms with Crippen LogP contribution in [-0.2, 0) is 6.42 Å². The highest BCUT2D eigenvalue weighted by Crippen LogP contribution is 2.39. The van der Waals surface area contributed by atoms with Crippen LogP contribution in [-0.4, -0.2) is 6.04 Å². The Morgan fingerprint density at radius 3 is 3.00 bits per heavy atom. The van der Waals surface area contributed by atoms with E-state index in [1.54, 1.807) is 0 Å². The van der Waals surface area contributed by atoms with Crippen molar-refractivity contribution >= 4 is 5.69 Å². The molecule has 0 radical (unpaired) electrons. The highest BCUT2D eigenvalue weighted by Gasteiger charge is 2.34. The van der Waals surface area contributed by atoms with Crippen LogP contribution < -0.4 is 5.32 Å². The summed E-state index contributed by atoms with van der Waals surface area (Å²) in [5.41, 5.74) is 2.90. The first-order valence-electron chi connectivity index (χ1n) is 6.19. The van der Waals surface area contributed by atoms with Crippen molar-refractivity contribution in [2.45, 2.75) is 38.6 Å². The second kappa shape index (κ2) is 3.55. The highest BCUT2D eigenvalue weighted by atomic mass is 14.9. The second-order valence-corrected chi connectivity index (χ2v) is 5.18. The van der Waals surface area contributed by atoms with Gasteiger partial charge in [0.25, 0.3) is 0 Å². The van der Waals surface area contributed by atoms with E-state index in [1.165, 1.54) is 36.9 Å². The molecule has 3 atom stereocenters. The number of para-hydroxylation sites is 1. The van der Waals surface area contributed by atoms with Gasteiger partial charge in [-0.1, -0.05) is 38.0 Å². The van der Waals surface area contributed by atoms with E-state index in [9.17, 15) is 0 Å². The zero-order valence-electron chi connectivity index (χ0n) is 9.37. The van der Waals surface area contributed by atoms with Gasteiger partial charge < -0.3 is 5.32 Å². The molecule has 0 bridgehead atoms. The maximum Gasteiger partial charge on any atom is 0.0375 e. The van der Waals surface area contributed by atoms with Crippen molar-refractivity contribution in [3.05, 3.63) is 29.8 Å². The van der Waals surface area contributed by atoms with Gasteiger partial charge in [-0.05, 0) is 36.3 Å². The van der Waals surface area contributed by atoms with E-state index >= 15 is 0 Å². The van der Waals surface area contributed by atoms with E-state index in [0.717, 1.165) is 17.9 Å². The minimum Gasteiger partial charge on any atom is -0.382 e. The molecule has 80 valence electrons. The topological polar surface area (TPSA) is 12.0 Å². The maximum absolute atomic E-state index is 3.73. The van der Waals surface area contributed by atoms with Crippen molar-refractivity contribution in [1.29, 1.82) is 0 Å². The first-order chi connectivity index (χ1) is 7.34. The van der Waals surface area contributed by atoms with Crippen molar-refractivity contribution in [2.24, 2.45) is 11.8 Å². The molecule has 1 aliphatic heterocycles. The van der Waals surface area contributed by atoms with Crippen molar-refractivity contribution in [1.82, 2.24) is 0 Å². The predicted octanol–water partition coefficient (Wildman–Crippen LogP) is 3.46. The van der Waals surface area contributed by atoms with E-state index in [4.69, 9.17) is 0 Å². The first kappa shape index (κ1) is 9.26. The van der Waals surface area contributed by atoms with E-state index in [-0.39, 0.29) is 0 Å². The average molecular weight is 201 g/mol. The summed E-state index contributed by atoms with van der Waals surface area (Å²) in [7, 11) is 0. The molecule has 3 unspecified atom stereocenters. The lowest BCUT2D eigenvalue weighted by atomic mass is 9.72. The van der Waals surface area contributed by atoms with Gasteiger partial charge in [0.05, 0.1) is 0 Å². The lowest BCUT2D eigenvalue weighted by Gasteiger charge is -2.41. The molecular formula is C14H19N. The Labute approximate surface area is 91.9 Å². The summed E-state index contributed by atoms with van der Waals surface area (Å²) in [4.78, 5) is 0. The first-order valence-corrected chi connectivity index (χ1v) is 6.19. The monoisotopic (exact) mass is 201 g/mol. The Kier molecular flexibility index (Phi) is 2.19. The van der Waals surface area contributed by atoms with Gasteiger partial charge in [-0.25, -0.2) is 0 Å². The Hall–Kier alpha value is -0.980. The van der Waals surface area contributed by atoms with E-state index in [2.05, 4.69) is 36.5 Å². The van der Waals surface area contributed by atoms with Crippen molar-refractivity contribution in [3.8, 4) is 0 Å². The molecule has 0 amide bonds. The smallest absolute Gasteiger partial charge is 0.0375 e. The van der Waals surface area contributed by atoms with Gasteiger partial charge in [0.1, 0.15) is 0 Å². The molecule has 1 aliphatic carbocycles. The van der Waals surface area contributed by atoms with Crippen LogP contribution in [0.3, 0.4) is 0 Å². The summed E-state index contributed by atoms with van der Waals surface area (Å²) in [5.74, 6) is 1.76. The molecule has 1 aromatic carbocycles. The zero-order chi connectivity index (χ0) is 10.3. The van der Waals surface area contributed by atoms with E-state index in [0.29, 0.717) is 0 Å². The summed E-state index contributed by atoms with van der Waals surface area (Å²) in [5, 5.41) is 3.73. The minimum absolute atomic E-state index is 0.739. The molecule has 1 aromatic rings. The van der Waals surface area contributed by atoms with E-state index < -0.39 is 0 Å². The van der Waals surface area contributed by atoms with Crippen LogP contribution in [0.5, 0.6) is 0 Å². The van der Waals surface area contributed by atoms with E-state index in [1.807, 2.05) is 0 Å². The molecule has 0 aromatic heterocycles. The number of hydrogen-bond acceptors (Lipinski definition) is 1. The van der Waals surface area contributed by atoms with Crippen LogP contribution in [0.4, 0.5) is 5.69 Å². The molecule has 1 fully saturated rings. The van der Waals surface area contributed by atoms with Crippen LogP contribution in [0.25, 0.3) is 0 Å². The normalized spacial score (nSPS) is 33.8. The summed E-state index contributed by atoms with van der Waals surface area (Å²) in [6.07, 6.45) is 5.47. The van der Waals surface area contributed by atoms with Crippen molar-refractivity contribution in [2.75, 3.05) is 5.32 Å². The molecule has 0 spiro atoms. The largest absolute Gasteiger partial charge is 0.382 e. The van der Waals surface area contributed by atoms with Crippen molar-refractivity contribution in [3.63, 3.8) is 0 Å². The summed E-state index contributed by atoms with van der Waals surface area (Å²) in [6.45, 7) is 2.42. The van der Waals surface area contributed by atoms with Crippen LogP contribution >= 0.6 is 0 Å². The number of benzene rings is 1. The summed E-state index contributed by atoms with van der Waals surface area (Å²) < 4.78 is 0. The quantitative estimate of drug-likeness (QED) is 0.678. The molecular weight excluding hydrogens is 182 g/mol. The van der Waals surface area contributed by atoms with Gasteiger partial charge in [0, 0.05) is 11.7 Å². The Balaban J connectivity index is 1.92. The van der Waals surface area contributed by atoms with Gasteiger partial charge in [-0.15, -0.1) is 0 Å². The summed E-state index contributed by atoms with van der Waals surface area (Å²) >= 11 is 0. The molecule has 0 saturated heterocycles. The average Bonchev–Trinajstić information content (AvgIpc) is 2.27. The van der Waals surface area contributed by atoms with Gasteiger partial charge >= 0.3 is 0 Å². The zero-order valence-corrected chi connectivity index (χ0v) is 9.37. The predicted molar refractivity (Wildman–Crippen MR) is 64.1 cm³/mol. The molecule has 15 heavy (non-hydrogen) atoms. The molecule has 1 nitrogen and oxygen atoms in total. The number of nitrogens with one attached hydrogen (secondary N) is 1. The fourth-order valence-electron chi connectivity index (χ4n) is 3.30. The molecule has 3 rings (SSSR count). The molecule has 1 heteroatoms. The third-order valence-corrected chi connectivity index (χ3v) is 4.24. The third-order valence-electron chi connectivity index (χ3n) is 4.24. The third kappa shape index (κ3) is 1.54. The number of fused-ring (bicyclic) bond motifs is 2. The molecule has 1 N–H and O–H groups in total. The minimum atomic E-state index is 0.739. The SMILES string of the molecule is CC1CCCC2Nc3ccccc3CC12. The summed E-state index contributed by atoms with van der Waals surface area (Å²) in [6, 6.07) is 9.54. The Morgan fingerprint density at radius 2 is 2.07 bits per heavy atom. The molecule has 2 aliphatic rings. The molecule has 1 saturated carbocycles. The number of hydrogen-bond donors (Lipinski definition) is 1. The maximum atomic E-state index is 3.73.